The predicted molar refractivity (Wildman–Crippen MR) is 84.0 cm³/mol. The number of ether oxygens (including phenoxy) is 1. The number of nitro groups is 1. The molecule has 0 spiro atoms. The molecule has 1 rings (SSSR count). The molecule has 0 aromatic heterocycles. The Kier molecular flexibility index (Phi) is 6.13. The number of nitrogens with two attached hydrogens (primary N) is 1. The fraction of sp³-hybridized carbons (Fsp3) is 0.500. The van der Waals surface area contributed by atoms with Crippen LogP contribution in [0.5, 0.6) is 0 Å². The van der Waals surface area contributed by atoms with Gasteiger partial charge >= 0.3 is 6.09 Å². The van der Waals surface area contributed by atoms with Crippen LogP contribution in [0.4, 0.5) is 10.5 Å². The number of benzene rings is 1. The Balaban J connectivity index is 2.61. The number of carbonyl (C=O) groups excluding carboxylic acids is 1. The highest BCUT2D eigenvalue weighted by molar-refractivity contribution is 6.30. The summed E-state index contributed by atoms with van der Waals surface area (Å²) in [6.45, 7) is 5.41. The van der Waals surface area contributed by atoms with Gasteiger partial charge in [0.25, 0.3) is 5.69 Å². The first-order chi connectivity index (χ1) is 10.1. The molecule has 8 heteroatoms. The number of carbonyl (C=O) groups is 1. The maximum absolute atomic E-state index is 11.5. The van der Waals surface area contributed by atoms with Crippen LogP contribution in [0.2, 0.25) is 5.02 Å². The van der Waals surface area contributed by atoms with Crippen molar-refractivity contribution in [3.8, 4) is 0 Å². The van der Waals surface area contributed by atoms with Gasteiger partial charge in [-0.1, -0.05) is 17.7 Å². The van der Waals surface area contributed by atoms with Crippen LogP contribution < -0.4 is 11.1 Å². The number of hydrogen-bond donors (Lipinski definition) is 2. The van der Waals surface area contributed by atoms with E-state index < -0.39 is 22.7 Å². The minimum Gasteiger partial charge on any atom is -0.444 e. The Morgan fingerprint density at radius 1 is 1.50 bits per heavy atom. The van der Waals surface area contributed by atoms with E-state index in [0.29, 0.717) is 5.56 Å². The van der Waals surface area contributed by atoms with Crippen LogP contribution in [0, 0.1) is 10.1 Å². The summed E-state index contributed by atoms with van der Waals surface area (Å²) in [7, 11) is 0. The number of halogens is 1. The lowest BCUT2D eigenvalue weighted by Crippen LogP contribution is -2.41. The average Bonchev–Trinajstić information content (AvgIpc) is 2.36. The van der Waals surface area contributed by atoms with Gasteiger partial charge in [-0.15, -0.1) is 0 Å². The van der Waals surface area contributed by atoms with Crippen molar-refractivity contribution in [2.75, 3.05) is 6.54 Å². The third kappa shape index (κ3) is 6.28. The van der Waals surface area contributed by atoms with Gasteiger partial charge in [0.15, 0.2) is 0 Å². The van der Waals surface area contributed by atoms with Crippen LogP contribution in [-0.4, -0.2) is 29.2 Å². The molecule has 0 heterocycles. The van der Waals surface area contributed by atoms with E-state index in [0.717, 1.165) is 0 Å². The first kappa shape index (κ1) is 18.2. The molecule has 1 aromatic carbocycles. The second-order valence-electron chi connectivity index (χ2n) is 5.88. The molecule has 1 atom stereocenters. The minimum absolute atomic E-state index is 0.0831. The quantitative estimate of drug-likeness (QED) is 0.637. The largest absolute Gasteiger partial charge is 0.444 e. The monoisotopic (exact) mass is 329 g/mol. The smallest absolute Gasteiger partial charge is 0.407 e. The number of nitrogens with one attached hydrogen (secondary N) is 1. The van der Waals surface area contributed by atoms with Gasteiger partial charge in [-0.2, -0.15) is 0 Å². The van der Waals surface area contributed by atoms with E-state index in [1.54, 1.807) is 32.9 Å². The zero-order valence-electron chi connectivity index (χ0n) is 12.8. The summed E-state index contributed by atoms with van der Waals surface area (Å²) >= 11 is 5.75. The highest BCUT2D eigenvalue weighted by Gasteiger charge is 2.19. The number of rotatable bonds is 5. The van der Waals surface area contributed by atoms with Crippen LogP contribution in [0.15, 0.2) is 18.2 Å². The van der Waals surface area contributed by atoms with Crippen molar-refractivity contribution in [2.24, 2.45) is 5.73 Å². The number of alkyl carbamates (subject to hydrolysis) is 1. The Morgan fingerprint density at radius 2 is 2.14 bits per heavy atom. The summed E-state index contributed by atoms with van der Waals surface area (Å²) in [5, 5.41) is 13.8. The van der Waals surface area contributed by atoms with Crippen LogP contribution in [0.25, 0.3) is 0 Å². The third-order valence-corrected chi connectivity index (χ3v) is 2.87. The highest BCUT2D eigenvalue weighted by Crippen LogP contribution is 2.24. The molecular weight excluding hydrogens is 310 g/mol. The Morgan fingerprint density at radius 3 is 2.68 bits per heavy atom. The van der Waals surface area contributed by atoms with E-state index in [9.17, 15) is 14.9 Å². The first-order valence-electron chi connectivity index (χ1n) is 6.74. The zero-order chi connectivity index (χ0) is 16.9. The molecule has 7 nitrogen and oxygen atoms in total. The van der Waals surface area contributed by atoms with E-state index in [1.807, 2.05) is 0 Å². The van der Waals surface area contributed by atoms with Crippen LogP contribution in [0.1, 0.15) is 26.3 Å². The van der Waals surface area contributed by atoms with E-state index in [-0.39, 0.29) is 23.7 Å². The molecule has 3 N–H and O–H groups in total. The fourth-order valence-corrected chi connectivity index (χ4v) is 1.93. The van der Waals surface area contributed by atoms with Gasteiger partial charge in [-0.05, 0) is 33.3 Å². The van der Waals surface area contributed by atoms with Crippen molar-refractivity contribution in [3.63, 3.8) is 0 Å². The molecule has 0 saturated heterocycles. The molecule has 0 fully saturated rings. The zero-order valence-corrected chi connectivity index (χ0v) is 13.5. The molecule has 1 amide bonds. The number of hydrogen-bond acceptors (Lipinski definition) is 5. The van der Waals surface area contributed by atoms with Crippen molar-refractivity contribution >= 4 is 23.4 Å². The van der Waals surface area contributed by atoms with E-state index in [2.05, 4.69) is 5.32 Å². The van der Waals surface area contributed by atoms with Gasteiger partial charge in [-0.3, -0.25) is 10.1 Å². The lowest BCUT2D eigenvalue weighted by molar-refractivity contribution is -0.385. The molecule has 0 aliphatic heterocycles. The number of nitrogens with zero attached hydrogens (tertiary/aromatic N) is 1. The van der Waals surface area contributed by atoms with Crippen molar-refractivity contribution in [3.05, 3.63) is 38.9 Å². The molecule has 0 saturated carbocycles. The molecule has 0 aliphatic rings. The van der Waals surface area contributed by atoms with Gasteiger partial charge in [0.1, 0.15) is 5.60 Å². The molecule has 0 aliphatic carbocycles. The van der Waals surface area contributed by atoms with Gasteiger partial charge in [0.2, 0.25) is 0 Å². The Hall–Kier alpha value is -1.86. The molecule has 1 unspecified atom stereocenters. The summed E-state index contributed by atoms with van der Waals surface area (Å²) in [5.41, 5.74) is 5.69. The summed E-state index contributed by atoms with van der Waals surface area (Å²) in [6, 6.07) is 3.93. The molecular formula is C14H20ClN3O4. The summed E-state index contributed by atoms with van der Waals surface area (Å²) in [5.74, 6) is 0. The molecule has 0 radical (unpaired) electrons. The fourth-order valence-electron chi connectivity index (χ4n) is 1.76. The maximum atomic E-state index is 11.5. The molecule has 122 valence electrons. The SMILES string of the molecule is CC(C)(C)OC(=O)NCC(N)Cc1ccc(Cl)cc1[N+](=O)[O-]. The van der Waals surface area contributed by atoms with E-state index in [1.165, 1.54) is 6.07 Å². The van der Waals surface area contributed by atoms with Crippen LogP contribution >= 0.6 is 11.6 Å². The maximum Gasteiger partial charge on any atom is 0.407 e. The Labute approximate surface area is 133 Å². The van der Waals surface area contributed by atoms with Crippen molar-refractivity contribution < 1.29 is 14.5 Å². The minimum atomic E-state index is -0.594. The van der Waals surface area contributed by atoms with Crippen molar-refractivity contribution in [2.45, 2.75) is 38.8 Å². The topological polar surface area (TPSA) is 107 Å². The lowest BCUT2D eigenvalue weighted by Gasteiger charge is -2.20. The second kappa shape index (κ2) is 7.42. The third-order valence-electron chi connectivity index (χ3n) is 2.63. The van der Waals surface area contributed by atoms with Crippen molar-refractivity contribution in [1.82, 2.24) is 5.32 Å². The van der Waals surface area contributed by atoms with E-state index in [4.69, 9.17) is 22.1 Å². The molecule has 1 aromatic rings. The van der Waals surface area contributed by atoms with Gasteiger partial charge in [0, 0.05) is 29.2 Å². The van der Waals surface area contributed by atoms with Gasteiger partial charge in [0.05, 0.1) is 4.92 Å². The number of nitro benzene ring substituents is 1. The Bertz CT molecular complexity index is 558. The summed E-state index contributed by atoms with van der Waals surface area (Å²) in [4.78, 5) is 22.0. The van der Waals surface area contributed by atoms with Crippen molar-refractivity contribution in [1.29, 1.82) is 0 Å². The first-order valence-corrected chi connectivity index (χ1v) is 7.11. The average molecular weight is 330 g/mol. The van der Waals surface area contributed by atoms with Gasteiger partial charge in [-0.25, -0.2) is 4.79 Å². The number of amides is 1. The summed E-state index contributed by atoms with van der Waals surface area (Å²) in [6.07, 6.45) is -0.336. The normalized spacial score (nSPS) is 12.6. The second-order valence-corrected chi connectivity index (χ2v) is 6.31. The molecule has 0 bridgehead atoms. The predicted octanol–water partition coefficient (Wildman–Crippen LogP) is 2.64. The molecule has 22 heavy (non-hydrogen) atoms. The van der Waals surface area contributed by atoms with Gasteiger partial charge < -0.3 is 15.8 Å². The highest BCUT2D eigenvalue weighted by atomic mass is 35.5. The standard InChI is InChI=1S/C14H20ClN3O4/c1-14(2,3)22-13(19)17-8-11(16)6-9-4-5-10(15)7-12(9)18(20)21/h4-5,7,11H,6,8,16H2,1-3H3,(H,17,19). The van der Waals surface area contributed by atoms with Crippen LogP contribution in [-0.2, 0) is 11.2 Å². The lowest BCUT2D eigenvalue weighted by atomic mass is 10.0. The summed E-state index contributed by atoms with van der Waals surface area (Å²) < 4.78 is 5.08. The van der Waals surface area contributed by atoms with E-state index >= 15 is 0 Å². The van der Waals surface area contributed by atoms with Crippen LogP contribution in [0.3, 0.4) is 0 Å².